The minimum Gasteiger partial charge on any atom is -0.496 e. The number of benzene rings is 2. The summed E-state index contributed by atoms with van der Waals surface area (Å²) in [6, 6.07) is 8.26. The van der Waals surface area contributed by atoms with Gasteiger partial charge in [0.15, 0.2) is 0 Å². The van der Waals surface area contributed by atoms with Crippen molar-refractivity contribution in [3.8, 4) is 11.5 Å². The zero-order valence-electron chi connectivity index (χ0n) is 10.7. The van der Waals surface area contributed by atoms with E-state index in [9.17, 15) is 0 Å². The van der Waals surface area contributed by atoms with Crippen molar-refractivity contribution >= 4 is 10.8 Å². The number of nitrogens with one attached hydrogen (secondary N) is 1. The van der Waals surface area contributed by atoms with Gasteiger partial charge in [0, 0.05) is 28.4 Å². The van der Waals surface area contributed by atoms with Crippen LogP contribution in [0.3, 0.4) is 0 Å². The lowest BCUT2D eigenvalue weighted by Crippen LogP contribution is -2.24. The van der Waals surface area contributed by atoms with Crippen LogP contribution in [0.5, 0.6) is 11.5 Å². The highest BCUT2D eigenvalue weighted by Crippen LogP contribution is 2.41. The van der Waals surface area contributed by atoms with Crippen molar-refractivity contribution in [2.75, 3.05) is 20.8 Å². The summed E-state index contributed by atoms with van der Waals surface area (Å²) in [5, 5.41) is 5.66. The van der Waals surface area contributed by atoms with Crippen molar-refractivity contribution in [1.82, 2.24) is 5.32 Å². The Morgan fingerprint density at radius 3 is 2.17 bits per heavy atom. The Labute approximate surface area is 107 Å². The van der Waals surface area contributed by atoms with E-state index in [0.29, 0.717) is 0 Å². The molecule has 1 aliphatic rings. The highest BCUT2D eigenvalue weighted by atomic mass is 16.5. The second-order valence-corrected chi connectivity index (χ2v) is 4.50. The van der Waals surface area contributed by atoms with Gasteiger partial charge in [-0.2, -0.15) is 0 Å². The number of fused-ring (bicyclic) bond motifs is 2. The van der Waals surface area contributed by atoms with Gasteiger partial charge in [0.2, 0.25) is 0 Å². The third-order valence-electron chi connectivity index (χ3n) is 3.59. The minimum atomic E-state index is 0.847. The maximum atomic E-state index is 5.64. The normalized spacial score (nSPS) is 14.3. The Morgan fingerprint density at radius 2 is 1.56 bits per heavy atom. The average Bonchev–Trinajstić information content (AvgIpc) is 2.44. The molecule has 0 amide bonds. The van der Waals surface area contributed by atoms with E-state index in [-0.39, 0.29) is 0 Å². The lowest BCUT2D eigenvalue weighted by molar-refractivity contribution is 0.395. The summed E-state index contributed by atoms with van der Waals surface area (Å²) >= 11 is 0. The van der Waals surface area contributed by atoms with Gasteiger partial charge in [-0.15, -0.1) is 0 Å². The maximum Gasteiger partial charge on any atom is 0.131 e. The summed E-state index contributed by atoms with van der Waals surface area (Å²) in [6.45, 7) is 1.84. The SMILES string of the molecule is COc1c2c(c(OC)c3ccccc13)CNCC2. The van der Waals surface area contributed by atoms with Crippen molar-refractivity contribution in [2.45, 2.75) is 13.0 Å². The molecule has 0 saturated carbocycles. The summed E-state index contributed by atoms with van der Waals surface area (Å²) < 4.78 is 11.3. The van der Waals surface area contributed by atoms with E-state index in [1.54, 1.807) is 14.2 Å². The van der Waals surface area contributed by atoms with E-state index in [1.165, 1.54) is 11.1 Å². The lowest BCUT2D eigenvalue weighted by atomic mass is 9.93. The molecule has 0 radical (unpaired) electrons. The van der Waals surface area contributed by atoms with Gasteiger partial charge >= 0.3 is 0 Å². The van der Waals surface area contributed by atoms with Crippen molar-refractivity contribution in [3.63, 3.8) is 0 Å². The molecule has 0 aromatic heterocycles. The van der Waals surface area contributed by atoms with Crippen molar-refractivity contribution in [3.05, 3.63) is 35.4 Å². The predicted octanol–water partition coefficient (Wildman–Crippen LogP) is 2.50. The monoisotopic (exact) mass is 243 g/mol. The lowest BCUT2D eigenvalue weighted by Gasteiger charge is -2.24. The van der Waals surface area contributed by atoms with Crippen LogP contribution < -0.4 is 14.8 Å². The number of hydrogen-bond acceptors (Lipinski definition) is 3. The summed E-state index contributed by atoms with van der Waals surface area (Å²) in [6.07, 6.45) is 0.986. The van der Waals surface area contributed by atoms with E-state index < -0.39 is 0 Å². The molecule has 0 fully saturated rings. The molecule has 0 unspecified atom stereocenters. The fraction of sp³-hybridized carbons (Fsp3) is 0.333. The van der Waals surface area contributed by atoms with Crippen molar-refractivity contribution in [2.24, 2.45) is 0 Å². The molecule has 3 heteroatoms. The Bertz CT molecular complexity index is 540. The molecule has 0 bridgehead atoms. The fourth-order valence-electron chi connectivity index (χ4n) is 2.82. The molecule has 0 saturated heterocycles. The van der Waals surface area contributed by atoms with E-state index in [1.807, 2.05) is 12.1 Å². The molecular weight excluding hydrogens is 226 g/mol. The molecule has 3 rings (SSSR count). The van der Waals surface area contributed by atoms with Crippen molar-refractivity contribution < 1.29 is 9.47 Å². The molecule has 1 aliphatic heterocycles. The average molecular weight is 243 g/mol. The first kappa shape index (κ1) is 11.4. The third-order valence-corrected chi connectivity index (χ3v) is 3.59. The molecule has 1 N–H and O–H groups in total. The van der Waals surface area contributed by atoms with Crippen molar-refractivity contribution in [1.29, 1.82) is 0 Å². The zero-order chi connectivity index (χ0) is 12.5. The standard InChI is InChI=1S/C15H17NO2/c1-17-14-10-5-3-4-6-11(10)15(18-2)13-9-16-8-7-12(13)14/h3-6,16H,7-9H2,1-2H3. The fourth-order valence-corrected chi connectivity index (χ4v) is 2.82. The first-order valence-electron chi connectivity index (χ1n) is 6.22. The zero-order valence-corrected chi connectivity index (χ0v) is 10.7. The van der Waals surface area contributed by atoms with Gasteiger partial charge in [-0.05, 0) is 13.0 Å². The highest BCUT2D eigenvalue weighted by molar-refractivity contribution is 5.96. The topological polar surface area (TPSA) is 30.5 Å². The van der Waals surface area contributed by atoms with Gasteiger partial charge in [0.1, 0.15) is 11.5 Å². The summed E-state index contributed by atoms with van der Waals surface area (Å²) in [7, 11) is 3.49. The molecule has 0 aliphatic carbocycles. The number of rotatable bonds is 2. The quantitative estimate of drug-likeness (QED) is 0.879. The molecule has 1 heterocycles. The van der Waals surface area contributed by atoms with Crippen LogP contribution in [0.1, 0.15) is 11.1 Å². The summed E-state index contributed by atoms with van der Waals surface area (Å²) in [5.41, 5.74) is 2.52. The number of ether oxygens (including phenoxy) is 2. The minimum absolute atomic E-state index is 0.847. The first-order valence-corrected chi connectivity index (χ1v) is 6.22. The van der Waals surface area contributed by atoms with E-state index in [0.717, 1.165) is 41.8 Å². The summed E-state index contributed by atoms with van der Waals surface area (Å²) in [5.74, 6) is 1.98. The van der Waals surface area contributed by atoms with Crippen LogP contribution in [0, 0.1) is 0 Å². The smallest absolute Gasteiger partial charge is 0.131 e. The molecular formula is C15H17NO2. The van der Waals surface area contributed by atoms with Crippen LogP contribution in [-0.2, 0) is 13.0 Å². The van der Waals surface area contributed by atoms with Crippen LogP contribution >= 0.6 is 0 Å². The van der Waals surface area contributed by atoms with Gasteiger partial charge in [0.05, 0.1) is 14.2 Å². The van der Waals surface area contributed by atoms with Gasteiger partial charge in [-0.1, -0.05) is 24.3 Å². The summed E-state index contributed by atoms with van der Waals surface area (Å²) in [4.78, 5) is 0. The number of hydrogen-bond donors (Lipinski definition) is 1. The third kappa shape index (κ3) is 1.55. The van der Waals surface area contributed by atoms with Crippen LogP contribution in [0.2, 0.25) is 0 Å². The van der Waals surface area contributed by atoms with Gasteiger partial charge in [-0.25, -0.2) is 0 Å². The molecule has 94 valence electrons. The van der Waals surface area contributed by atoms with Gasteiger partial charge in [0.25, 0.3) is 0 Å². The largest absolute Gasteiger partial charge is 0.496 e. The molecule has 18 heavy (non-hydrogen) atoms. The van der Waals surface area contributed by atoms with Crippen LogP contribution in [0.4, 0.5) is 0 Å². The maximum absolute atomic E-state index is 5.64. The Balaban J connectivity index is 2.42. The van der Waals surface area contributed by atoms with E-state index >= 15 is 0 Å². The molecule has 3 nitrogen and oxygen atoms in total. The van der Waals surface area contributed by atoms with Crippen LogP contribution in [-0.4, -0.2) is 20.8 Å². The molecule has 0 atom stereocenters. The van der Waals surface area contributed by atoms with Gasteiger partial charge in [-0.3, -0.25) is 0 Å². The Hall–Kier alpha value is -1.74. The van der Waals surface area contributed by atoms with E-state index in [4.69, 9.17) is 9.47 Å². The van der Waals surface area contributed by atoms with Crippen LogP contribution in [0.25, 0.3) is 10.8 Å². The predicted molar refractivity (Wildman–Crippen MR) is 72.5 cm³/mol. The second-order valence-electron chi connectivity index (χ2n) is 4.50. The molecule has 2 aromatic carbocycles. The second kappa shape index (κ2) is 4.50. The van der Waals surface area contributed by atoms with Crippen LogP contribution in [0.15, 0.2) is 24.3 Å². The Morgan fingerprint density at radius 1 is 0.944 bits per heavy atom. The number of methoxy groups -OCH3 is 2. The first-order chi connectivity index (χ1) is 8.86. The molecule has 2 aromatic rings. The van der Waals surface area contributed by atoms with E-state index in [2.05, 4.69) is 17.4 Å². The molecule has 0 spiro atoms. The highest BCUT2D eigenvalue weighted by Gasteiger charge is 2.22. The van der Waals surface area contributed by atoms with Gasteiger partial charge < -0.3 is 14.8 Å². The Kier molecular flexibility index (Phi) is 2.84.